The van der Waals surface area contributed by atoms with Gasteiger partial charge in [0.2, 0.25) is 0 Å². The number of methoxy groups -OCH3 is 1. The lowest BCUT2D eigenvalue weighted by molar-refractivity contribution is 0.199. The minimum atomic E-state index is 0.691. The molecule has 0 fully saturated rings. The summed E-state index contributed by atoms with van der Waals surface area (Å²) < 4.78 is 6.84. The Morgan fingerprint density at radius 3 is 2.89 bits per heavy atom. The summed E-state index contributed by atoms with van der Waals surface area (Å²) in [5.41, 5.74) is 3.02. The SMILES string of the molecule is COCCNCc1cccc(Cl)c1-n1ccc(C)n1. The molecule has 1 N–H and O–H groups in total. The van der Waals surface area contributed by atoms with Crippen molar-refractivity contribution in [1.29, 1.82) is 0 Å². The van der Waals surface area contributed by atoms with Crippen molar-refractivity contribution < 1.29 is 4.74 Å². The van der Waals surface area contributed by atoms with E-state index in [9.17, 15) is 0 Å². The second-order valence-electron chi connectivity index (χ2n) is 4.32. The number of para-hydroxylation sites is 1. The highest BCUT2D eigenvalue weighted by molar-refractivity contribution is 6.32. The molecule has 0 aliphatic heterocycles. The van der Waals surface area contributed by atoms with Crippen molar-refractivity contribution in [3.63, 3.8) is 0 Å². The number of aromatic nitrogens is 2. The molecule has 4 nitrogen and oxygen atoms in total. The van der Waals surface area contributed by atoms with Gasteiger partial charge in [-0.2, -0.15) is 5.10 Å². The highest BCUT2D eigenvalue weighted by Gasteiger charge is 2.09. The van der Waals surface area contributed by atoms with E-state index in [1.54, 1.807) is 7.11 Å². The molecular weight excluding hydrogens is 262 g/mol. The molecule has 1 aromatic carbocycles. The average Bonchev–Trinajstić information content (AvgIpc) is 2.81. The van der Waals surface area contributed by atoms with E-state index in [-0.39, 0.29) is 0 Å². The summed E-state index contributed by atoms with van der Waals surface area (Å²) in [7, 11) is 1.69. The summed E-state index contributed by atoms with van der Waals surface area (Å²) in [4.78, 5) is 0. The third-order valence-electron chi connectivity index (χ3n) is 2.82. The fraction of sp³-hybridized carbons (Fsp3) is 0.357. The molecule has 5 heteroatoms. The van der Waals surface area contributed by atoms with Gasteiger partial charge in [-0.05, 0) is 24.6 Å². The van der Waals surface area contributed by atoms with Crippen molar-refractivity contribution >= 4 is 11.6 Å². The second kappa shape index (κ2) is 6.70. The van der Waals surface area contributed by atoms with Gasteiger partial charge in [-0.1, -0.05) is 23.7 Å². The van der Waals surface area contributed by atoms with Crippen LogP contribution >= 0.6 is 11.6 Å². The van der Waals surface area contributed by atoms with E-state index in [1.807, 2.05) is 36.0 Å². The van der Waals surface area contributed by atoms with Gasteiger partial charge in [0.05, 0.1) is 23.0 Å². The smallest absolute Gasteiger partial charge is 0.0876 e. The van der Waals surface area contributed by atoms with E-state index >= 15 is 0 Å². The molecule has 0 unspecified atom stereocenters. The minimum Gasteiger partial charge on any atom is -0.383 e. The maximum Gasteiger partial charge on any atom is 0.0876 e. The van der Waals surface area contributed by atoms with Crippen LogP contribution in [-0.4, -0.2) is 30.0 Å². The molecular formula is C14H18ClN3O. The average molecular weight is 280 g/mol. The van der Waals surface area contributed by atoms with Crippen molar-refractivity contribution in [3.8, 4) is 5.69 Å². The van der Waals surface area contributed by atoms with Gasteiger partial charge in [0.15, 0.2) is 0 Å². The van der Waals surface area contributed by atoms with Gasteiger partial charge in [-0.15, -0.1) is 0 Å². The largest absolute Gasteiger partial charge is 0.383 e. The molecule has 1 aromatic heterocycles. The number of ether oxygens (including phenoxy) is 1. The van der Waals surface area contributed by atoms with Crippen molar-refractivity contribution in [2.24, 2.45) is 0 Å². The van der Waals surface area contributed by atoms with Gasteiger partial charge >= 0.3 is 0 Å². The molecule has 2 aromatic rings. The Balaban J connectivity index is 2.21. The summed E-state index contributed by atoms with van der Waals surface area (Å²) >= 11 is 6.30. The molecule has 0 atom stereocenters. The molecule has 2 rings (SSSR count). The van der Waals surface area contributed by atoms with Crippen LogP contribution in [0.4, 0.5) is 0 Å². The number of hydrogen-bond acceptors (Lipinski definition) is 3. The van der Waals surface area contributed by atoms with Crippen LogP contribution in [0.1, 0.15) is 11.3 Å². The van der Waals surface area contributed by atoms with E-state index in [2.05, 4.69) is 16.5 Å². The lowest BCUT2D eigenvalue weighted by Crippen LogP contribution is -2.19. The van der Waals surface area contributed by atoms with E-state index in [1.165, 1.54) is 0 Å². The normalized spacial score (nSPS) is 10.9. The zero-order valence-electron chi connectivity index (χ0n) is 11.2. The van der Waals surface area contributed by atoms with Gasteiger partial charge in [-0.25, -0.2) is 4.68 Å². The standard InChI is InChI=1S/C14H18ClN3O/c1-11-6-8-18(17-11)14-12(4-3-5-13(14)15)10-16-7-9-19-2/h3-6,8,16H,7,9-10H2,1-2H3. The summed E-state index contributed by atoms with van der Waals surface area (Å²) in [6.07, 6.45) is 1.93. The van der Waals surface area contributed by atoms with Gasteiger partial charge < -0.3 is 10.1 Å². The molecule has 102 valence electrons. The zero-order chi connectivity index (χ0) is 13.7. The number of rotatable bonds is 6. The quantitative estimate of drug-likeness (QED) is 0.826. The molecule has 0 aliphatic rings. The molecule has 0 radical (unpaired) electrons. The highest BCUT2D eigenvalue weighted by Crippen LogP contribution is 2.24. The van der Waals surface area contributed by atoms with Crippen molar-refractivity contribution in [1.82, 2.24) is 15.1 Å². The van der Waals surface area contributed by atoms with Crippen molar-refractivity contribution in [2.45, 2.75) is 13.5 Å². The number of halogens is 1. The molecule has 0 amide bonds. The minimum absolute atomic E-state index is 0.691. The van der Waals surface area contributed by atoms with Gasteiger partial charge in [-0.3, -0.25) is 0 Å². The predicted molar refractivity (Wildman–Crippen MR) is 76.9 cm³/mol. The van der Waals surface area contributed by atoms with E-state index < -0.39 is 0 Å². The molecule has 19 heavy (non-hydrogen) atoms. The van der Waals surface area contributed by atoms with Gasteiger partial charge in [0.25, 0.3) is 0 Å². The van der Waals surface area contributed by atoms with Crippen LogP contribution in [0.2, 0.25) is 5.02 Å². The van der Waals surface area contributed by atoms with Crippen molar-refractivity contribution in [2.75, 3.05) is 20.3 Å². The fourth-order valence-corrected chi connectivity index (χ4v) is 2.18. The lowest BCUT2D eigenvalue weighted by atomic mass is 10.1. The van der Waals surface area contributed by atoms with Crippen LogP contribution in [0.5, 0.6) is 0 Å². The fourth-order valence-electron chi connectivity index (χ4n) is 1.90. The Bertz CT molecular complexity index is 539. The monoisotopic (exact) mass is 279 g/mol. The van der Waals surface area contributed by atoms with Crippen LogP contribution in [0.3, 0.4) is 0 Å². The van der Waals surface area contributed by atoms with Crippen LogP contribution < -0.4 is 5.32 Å². The number of hydrogen-bond donors (Lipinski definition) is 1. The van der Waals surface area contributed by atoms with Crippen LogP contribution in [0, 0.1) is 6.92 Å². The third kappa shape index (κ3) is 3.56. The number of nitrogens with one attached hydrogen (secondary N) is 1. The number of benzene rings is 1. The topological polar surface area (TPSA) is 39.1 Å². The molecule has 1 heterocycles. The Hall–Kier alpha value is -1.36. The summed E-state index contributed by atoms with van der Waals surface area (Å²) in [6, 6.07) is 7.85. The van der Waals surface area contributed by atoms with Gasteiger partial charge in [0.1, 0.15) is 0 Å². The molecule has 0 saturated carbocycles. The van der Waals surface area contributed by atoms with Crippen LogP contribution in [-0.2, 0) is 11.3 Å². The van der Waals surface area contributed by atoms with E-state index in [0.29, 0.717) is 11.6 Å². The number of aryl methyl sites for hydroxylation is 1. The Morgan fingerprint density at radius 2 is 2.21 bits per heavy atom. The summed E-state index contributed by atoms with van der Waals surface area (Å²) in [6.45, 7) is 4.19. The maximum absolute atomic E-state index is 6.30. The van der Waals surface area contributed by atoms with Crippen LogP contribution in [0.25, 0.3) is 5.69 Å². The van der Waals surface area contributed by atoms with Crippen molar-refractivity contribution in [3.05, 3.63) is 46.7 Å². The Kier molecular flexibility index (Phi) is 4.96. The second-order valence-corrected chi connectivity index (χ2v) is 4.73. The molecule has 0 saturated heterocycles. The molecule has 0 bridgehead atoms. The summed E-state index contributed by atoms with van der Waals surface area (Å²) in [5.74, 6) is 0. The maximum atomic E-state index is 6.30. The van der Waals surface area contributed by atoms with E-state index in [4.69, 9.17) is 16.3 Å². The predicted octanol–water partition coefficient (Wildman–Crippen LogP) is 2.57. The first-order chi connectivity index (χ1) is 9.22. The van der Waals surface area contributed by atoms with Crippen LogP contribution in [0.15, 0.2) is 30.5 Å². The molecule has 0 aliphatic carbocycles. The first-order valence-corrected chi connectivity index (χ1v) is 6.60. The van der Waals surface area contributed by atoms with E-state index in [0.717, 1.165) is 30.0 Å². The summed E-state index contributed by atoms with van der Waals surface area (Å²) in [5, 5.41) is 8.45. The van der Waals surface area contributed by atoms with Gasteiger partial charge in [0, 0.05) is 26.4 Å². The first-order valence-electron chi connectivity index (χ1n) is 6.22. The third-order valence-corrected chi connectivity index (χ3v) is 3.13. The lowest BCUT2D eigenvalue weighted by Gasteiger charge is -2.12. The first kappa shape index (κ1) is 14.1. The highest BCUT2D eigenvalue weighted by atomic mass is 35.5. The Labute approximate surface area is 118 Å². The molecule has 0 spiro atoms. The number of nitrogens with zero attached hydrogens (tertiary/aromatic N) is 2. The Morgan fingerprint density at radius 1 is 1.37 bits per heavy atom. The zero-order valence-corrected chi connectivity index (χ0v) is 11.9.